The number of fused-ring (bicyclic) bond motifs is 1. The number of ether oxygens (including phenoxy) is 1. The Balaban J connectivity index is 1.99. The largest absolute Gasteiger partial charge is 0.435 e. The number of aryl methyl sites for hydroxylation is 1. The van der Waals surface area contributed by atoms with Crippen molar-refractivity contribution in [1.29, 1.82) is 0 Å². The van der Waals surface area contributed by atoms with Crippen LogP contribution in [0.15, 0.2) is 28.9 Å². The average Bonchev–Trinajstić information content (AvgIpc) is 2.85. The first-order valence-electron chi connectivity index (χ1n) is 5.86. The van der Waals surface area contributed by atoms with Gasteiger partial charge in [0.05, 0.1) is 0 Å². The molecule has 3 heterocycles. The maximum Gasteiger partial charge on any atom is 0.299 e. The third-order valence-electron chi connectivity index (χ3n) is 2.63. The Labute approximate surface area is 125 Å². The molecule has 0 unspecified atom stereocenters. The van der Waals surface area contributed by atoms with Crippen molar-refractivity contribution >= 4 is 21.6 Å². The first-order chi connectivity index (χ1) is 10.0. The first-order valence-corrected chi connectivity index (χ1v) is 6.65. The van der Waals surface area contributed by atoms with Gasteiger partial charge in [0.25, 0.3) is 6.43 Å². The number of pyridine rings is 1. The van der Waals surface area contributed by atoms with Crippen molar-refractivity contribution in [3.8, 4) is 11.6 Å². The van der Waals surface area contributed by atoms with E-state index in [0.717, 1.165) is 10.2 Å². The van der Waals surface area contributed by atoms with Crippen LogP contribution in [0.5, 0.6) is 11.6 Å². The summed E-state index contributed by atoms with van der Waals surface area (Å²) < 4.78 is 32.5. The molecule has 0 saturated heterocycles. The summed E-state index contributed by atoms with van der Waals surface area (Å²) >= 11 is 3.27. The van der Waals surface area contributed by atoms with E-state index < -0.39 is 12.2 Å². The third kappa shape index (κ3) is 2.68. The van der Waals surface area contributed by atoms with Gasteiger partial charge in [-0.25, -0.2) is 13.8 Å². The minimum atomic E-state index is -2.77. The van der Waals surface area contributed by atoms with Gasteiger partial charge in [-0.3, -0.25) is 0 Å². The number of aromatic nitrogens is 5. The lowest BCUT2D eigenvalue weighted by molar-refractivity contribution is 0.137. The quantitative estimate of drug-likeness (QED) is 0.674. The Morgan fingerprint density at radius 2 is 2.00 bits per heavy atom. The smallest absolute Gasteiger partial charge is 0.299 e. The maximum atomic E-state index is 12.8. The molecular weight excluding hydrogens is 348 g/mol. The van der Waals surface area contributed by atoms with E-state index in [1.165, 1.54) is 12.1 Å². The molecule has 0 N–H and O–H groups in total. The molecule has 0 aliphatic rings. The van der Waals surface area contributed by atoms with E-state index in [1.54, 1.807) is 12.1 Å². The van der Waals surface area contributed by atoms with Gasteiger partial charge in [0.2, 0.25) is 11.7 Å². The van der Waals surface area contributed by atoms with Crippen molar-refractivity contribution in [3.05, 3.63) is 40.4 Å². The van der Waals surface area contributed by atoms with E-state index in [2.05, 4.69) is 36.2 Å². The standard InChI is InChI=1S/C12H8BrF2N5O/c1-6-2-3-7(10(13)16-6)21-9-5-4-8-17-18-12(11(14)15)20(8)19-9/h2-5,11H,1H3. The van der Waals surface area contributed by atoms with Crippen LogP contribution in [0.25, 0.3) is 5.65 Å². The second-order valence-corrected chi connectivity index (χ2v) is 4.90. The van der Waals surface area contributed by atoms with E-state index in [9.17, 15) is 8.78 Å². The van der Waals surface area contributed by atoms with Crippen molar-refractivity contribution in [2.24, 2.45) is 0 Å². The van der Waals surface area contributed by atoms with Gasteiger partial charge in [0.1, 0.15) is 4.60 Å². The van der Waals surface area contributed by atoms with Crippen molar-refractivity contribution in [1.82, 2.24) is 24.8 Å². The van der Waals surface area contributed by atoms with Crippen molar-refractivity contribution in [2.75, 3.05) is 0 Å². The third-order valence-corrected chi connectivity index (χ3v) is 3.19. The summed E-state index contributed by atoms with van der Waals surface area (Å²) in [5.41, 5.74) is 1.04. The molecule has 0 spiro atoms. The normalized spacial score (nSPS) is 11.3. The van der Waals surface area contributed by atoms with Gasteiger partial charge in [-0.1, -0.05) is 0 Å². The maximum absolute atomic E-state index is 12.8. The average molecular weight is 356 g/mol. The molecule has 0 saturated carbocycles. The summed E-state index contributed by atoms with van der Waals surface area (Å²) in [5.74, 6) is 0.0335. The van der Waals surface area contributed by atoms with E-state index >= 15 is 0 Å². The minimum Gasteiger partial charge on any atom is -0.435 e. The van der Waals surface area contributed by atoms with Crippen molar-refractivity contribution in [3.63, 3.8) is 0 Å². The van der Waals surface area contributed by atoms with Crippen LogP contribution in [0.4, 0.5) is 8.78 Å². The highest BCUT2D eigenvalue weighted by atomic mass is 79.9. The second kappa shape index (κ2) is 5.32. The summed E-state index contributed by atoms with van der Waals surface area (Å²) in [7, 11) is 0. The van der Waals surface area contributed by atoms with Gasteiger partial charge in [-0.05, 0) is 41.1 Å². The Hall–Kier alpha value is -2.16. The number of hydrogen-bond donors (Lipinski definition) is 0. The van der Waals surface area contributed by atoms with E-state index in [4.69, 9.17) is 4.74 Å². The monoisotopic (exact) mass is 355 g/mol. The Bertz CT molecular complexity index is 807. The van der Waals surface area contributed by atoms with Crippen molar-refractivity contribution < 1.29 is 13.5 Å². The zero-order chi connectivity index (χ0) is 15.0. The van der Waals surface area contributed by atoms with Crippen LogP contribution < -0.4 is 4.74 Å². The van der Waals surface area contributed by atoms with E-state index in [1.807, 2.05) is 6.92 Å². The Morgan fingerprint density at radius 3 is 2.71 bits per heavy atom. The number of nitrogens with zero attached hydrogens (tertiary/aromatic N) is 5. The van der Waals surface area contributed by atoms with Crippen molar-refractivity contribution in [2.45, 2.75) is 13.3 Å². The van der Waals surface area contributed by atoms with Crippen LogP contribution in [0.2, 0.25) is 0 Å². The number of alkyl halides is 2. The highest BCUT2D eigenvalue weighted by molar-refractivity contribution is 9.10. The van der Waals surface area contributed by atoms with Crippen LogP contribution in [-0.2, 0) is 0 Å². The Kier molecular flexibility index (Phi) is 3.50. The fraction of sp³-hybridized carbons (Fsp3) is 0.167. The molecule has 108 valence electrons. The lowest BCUT2D eigenvalue weighted by Gasteiger charge is -2.07. The molecule has 6 nitrogen and oxygen atoms in total. The zero-order valence-electron chi connectivity index (χ0n) is 10.7. The molecule has 0 aliphatic carbocycles. The zero-order valence-corrected chi connectivity index (χ0v) is 12.3. The molecular formula is C12H8BrF2N5O. The van der Waals surface area contributed by atoms with Crippen LogP contribution >= 0.6 is 15.9 Å². The van der Waals surface area contributed by atoms with Gasteiger partial charge >= 0.3 is 0 Å². The predicted octanol–water partition coefficient (Wildman–Crippen LogP) is 3.32. The van der Waals surface area contributed by atoms with Crippen LogP contribution in [0.1, 0.15) is 17.9 Å². The lowest BCUT2D eigenvalue weighted by atomic mass is 10.4. The molecule has 0 fully saturated rings. The SMILES string of the molecule is Cc1ccc(Oc2ccc3nnc(C(F)F)n3n2)c(Br)n1. The molecule has 3 aromatic heterocycles. The molecule has 0 aliphatic heterocycles. The number of hydrogen-bond acceptors (Lipinski definition) is 5. The molecule has 9 heteroatoms. The number of halogens is 3. The van der Waals surface area contributed by atoms with E-state index in [0.29, 0.717) is 10.4 Å². The van der Waals surface area contributed by atoms with Gasteiger partial charge in [0, 0.05) is 11.8 Å². The Morgan fingerprint density at radius 1 is 1.19 bits per heavy atom. The summed E-state index contributed by atoms with van der Waals surface area (Å²) in [4.78, 5) is 4.18. The van der Waals surface area contributed by atoms with Gasteiger partial charge in [-0.2, -0.15) is 4.52 Å². The molecule has 21 heavy (non-hydrogen) atoms. The van der Waals surface area contributed by atoms with Gasteiger partial charge in [0.15, 0.2) is 11.4 Å². The molecule has 0 bridgehead atoms. The fourth-order valence-electron chi connectivity index (χ4n) is 1.68. The summed E-state index contributed by atoms with van der Waals surface area (Å²) in [6.07, 6.45) is -2.77. The highest BCUT2D eigenvalue weighted by Crippen LogP contribution is 2.27. The summed E-state index contributed by atoms with van der Waals surface area (Å²) in [6.45, 7) is 1.84. The van der Waals surface area contributed by atoms with Crippen LogP contribution in [0.3, 0.4) is 0 Å². The number of rotatable bonds is 3. The fourth-order valence-corrected chi connectivity index (χ4v) is 2.17. The van der Waals surface area contributed by atoms with Crippen LogP contribution in [-0.4, -0.2) is 24.8 Å². The molecule has 0 amide bonds. The van der Waals surface area contributed by atoms with Crippen LogP contribution in [0, 0.1) is 6.92 Å². The first kappa shape index (κ1) is 13.8. The lowest BCUT2D eigenvalue weighted by Crippen LogP contribution is -2.01. The molecule has 3 aromatic rings. The molecule has 3 rings (SSSR count). The molecule has 0 radical (unpaired) electrons. The van der Waals surface area contributed by atoms with E-state index in [-0.39, 0.29) is 11.5 Å². The topological polar surface area (TPSA) is 65.2 Å². The molecule has 0 aromatic carbocycles. The highest BCUT2D eigenvalue weighted by Gasteiger charge is 2.17. The second-order valence-electron chi connectivity index (χ2n) is 4.14. The summed E-state index contributed by atoms with van der Waals surface area (Å²) in [5, 5.41) is 11.0. The summed E-state index contributed by atoms with van der Waals surface area (Å²) in [6, 6.07) is 6.49. The molecule has 0 atom stereocenters. The van der Waals surface area contributed by atoms with Gasteiger partial charge < -0.3 is 4.74 Å². The minimum absolute atomic E-state index is 0.135. The van der Waals surface area contributed by atoms with Gasteiger partial charge in [-0.15, -0.1) is 15.3 Å². The predicted molar refractivity (Wildman–Crippen MR) is 72.5 cm³/mol.